The third kappa shape index (κ3) is 7.36. The largest absolute Gasteiger partial charge is 0.493 e. The van der Waals surface area contributed by atoms with Gasteiger partial charge in [0.2, 0.25) is 5.91 Å². The maximum absolute atomic E-state index is 12.9. The number of aliphatic hydroxyl groups excluding tert-OH is 2. The molecular formula is C27H34N2O7. The van der Waals surface area contributed by atoms with Crippen LogP contribution in [-0.4, -0.2) is 71.9 Å². The van der Waals surface area contributed by atoms with Gasteiger partial charge in [-0.2, -0.15) is 0 Å². The number of nitrogens with one attached hydrogen (secondary N) is 2. The third-order valence-corrected chi connectivity index (χ3v) is 5.94. The summed E-state index contributed by atoms with van der Waals surface area (Å²) in [5, 5.41) is 24.4. The second-order valence-electron chi connectivity index (χ2n) is 9.32. The van der Waals surface area contributed by atoms with E-state index in [0.29, 0.717) is 25.2 Å². The molecule has 1 saturated heterocycles. The summed E-state index contributed by atoms with van der Waals surface area (Å²) in [6.07, 6.45) is 1.03. The van der Waals surface area contributed by atoms with Crippen LogP contribution in [0.5, 0.6) is 5.75 Å². The van der Waals surface area contributed by atoms with Gasteiger partial charge in [0.05, 0.1) is 32.5 Å². The van der Waals surface area contributed by atoms with Crippen LogP contribution in [0, 0.1) is 5.92 Å². The maximum atomic E-state index is 12.9. The first-order valence-corrected chi connectivity index (χ1v) is 12.1. The molecule has 0 aromatic heterocycles. The van der Waals surface area contributed by atoms with E-state index in [1.54, 1.807) is 24.3 Å². The molecule has 0 radical (unpaired) electrons. The molecule has 9 nitrogen and oxygen atoms in total. The van der Waals surface area contributed by atoms with Gasteiger partial charge in [0.1, 0.15) is 11.8 Å². The fourth-order valence-electron chi connectivity index (χ4n) is 3.79. The number of hydrogen-bond acceptors (Lipinski definition) is 7. The molecule has 36 heavy (non-hydrogen) atoms. The van der Waals surface area contributed by atoms with Gasteiger partial charge in [0.25, 0.3) is 5.91 Å². The lowest BCUT2D eigenvalue weighted by atomic mass is 9.92. The summed E-state index contributed by atoms with van der Waals surface area (Å²) in [6, 6.07) is 14.2. The van der Waals surface area contributed by atoms with Crippen molar-refractivity contribution in [1.82, 2.24) is 10.6 Å². The van der Waals surface area contributed by atoms with Crippen LogP contribution < -0.4 is 15.4 Å². The van der Waals surface area contributed by atoms with E-state index in [1.165, 1.54) is 0 Å². The van der Waals surface area contributed by atoms with Crippen molar-refractivity contribution >= 4 is 17.6 Å². The summed E-state index contributed by atoms with van der Waals surface area (Å²) in [4.78, 5) is 38.5. The second kappa shape index (κ2) is 12.6. The van der Waals surface area contributed by atoms with Crippen molar-refractivity contribution in [2.45, 2.75) is 44.4 Å². The molecule has 1 aliphatic heterocycles. The lowest BCUT2D eigenvalue weighted by Crippen LogP contribution is -2.55. The standard InChI is InChI=1S/C27H34N2O7/c1-18(2)13-22(24(32)27(16-31)17-36-27)28-26(34)23(15-30)29-25(33)20-9-6-10-21(14-20)35-12-11-19-7-4-3-5-8-19/h3-10,14,18,22-23,30-31H,11-13,15-17H2,1-2H3,(H,28,34)(H,29,33)/t22-,23-,27+/m0/s1. The molecule has 0 spiro atoms. The number of ketones is 1. The van der Waals surface area contributed by atoms with Crippen LogP contribution in [0.25, 0.3) is 0 Å². The van der Waals surface area contributed by atoms with E-state index in [9.17, 15) is 24.6 Å². The van der Waals surface area contributed by atoms with Gasteiger partial charge >= 0.3 is 0 Å². The Kier molecular flexibility index (Phi) is 9.58. The summed E-state index contributed by atoms with van der Waals surface area (Å²) in [5.74, 6) is -1.11. The average molecular weight is 499 g/mol. The Morgan fingerprint density at radius 1 is 1.03 bits per heavy atom. The topological polar surface area (TPSA) is 137 Å². The van der Waals surface area contributed by atoms with Crippen molar-refractivity contribution in [2.75, 3.05) is 26.4 Å². The molecule has 4 N–H and O–H groups in total. The molecule has 0 bridgehead atoms. The molecule has 0 aliphatic carbocycles. The second-order valence-corrected chi connectivity index (χ2v) is 9.32. The molecule has 1 heterocycles. The van der Waals surface area contributed by atoms with E-state index < -0.39 is 48.5 Å². The van der Waals surface area contributed by atoms with E-state index in [4.69, 9.17) is 9.47 Å². The molecule has 0 unspecified atom stereocenters. The van der Waals surface area contributed by atoms with Crippen molar-refractivity contribution in [1.29, 1.82) is 0 Å². The van der Waals surface area contributed by atoms with Crippen LogP contribution in [0.15, 0.2) is 54.6 Å². The monoisotopic (exact) mass is 498 g/mol. The molecule has 3 rings (SSSR count). The number of ether oxygens (including phenoxy) is 2. The van der Waals surface area contributed by atoms with Gasteiger partial charge in [0.15, 0.2) is 11.4 Å². The minimum atomic E-state index is -1.29. The van der Waals surface area contributed by atoms with Gasteiger partial charge in [-0.3, -0.25) is 14.4 Å². The Morgan fingerprint density at radius 2 is 1.75 bits per heavy atom. The summed E-state index contributed by atoms with van der Waals surface area (Å²) >= 11 is 0. The van der Waals surface area contributed by atoms with E-state index in [1.807, 2.05) is 44.2 Å². The first kappa shape index (κ1) is 27.3. The molecule has 2 aromatic rings. The van der Waals surface area contributed by atoms with Crippen LogP contribution >= 0.6 is 0 Å². The Morgan fingerprint density at radius 3 is 2.36 bits per heavy atom. The van der Waals surface area contributed by atoms with Crippen molar-refractivity contribution in [3.63, 3.8) is 0 Å². The summed E-state index contributed by atoms with van der Waals surface area (Å²) in [5.41, 5.74) is 0.112. The van der Waals surface area contributed by atoms with Crippen LogP contribution in [0.4, 0.5) is 0 Å². The zero-order valence-electron chi connectivity index (χ0n) is 20.6. The molecule has 1 aliphatic rings. The van der Waals surface area contributed by atoms with Crippen molar-refractivity contribution < 1.29 is 34.1 Å². The van der Waals surface area contributed by atoms with Crippen LogP contribution in [-0.2, 0) is 20.7 Å². The zero-order valence-corrected chi connectivity index (χ0v) is 20.6. The van der Waals surface area contributed by atoms with E-state index in [-0.39, 0.29) is 18.1 Å². The molecule has 1 fully saturated rings. The summed E-state index contributed by atoms with van der Waals surface area (Å²) in [7, 11) is 0. The van der Waals surface area contributed by atoms with E-state index in [0.717, 1.165) is 5.56 Å². The minimum Gasteiger partial charge on any atom is -0.493 e. The molecule has 194 valence electrons. The fourth-order valence-corrected chi connectivity index (χ4v) is 3.79. The predicted octanol–water partition coefficient (Wildman–Crippen LogP) is 1.26. The number of aliphatic hydroxyl groups is 2. The van der Waals surface area contributed by atoms with Gasteiger partial charge in [-0.15, -0.1) is 0 Å². The quantitative estimate of drug-likeness (QED) is 0.288. The third-order valence-electron chi connectivity index (χ3n) is 5.94. The Balaban J connectivity index is 1.59. The molecule has 0 saturated carbocycles. The highest BCUT2D eigenvalue weighted by molar-refractivity contribution is 6.00. The fraction of sp³-hybridized carbons (Fsp3) is 0.444. The number of epoxide rings is 1. The highest BCUT2D eigenvalue weighted by Crippen LogP contribution is 2.30. The van der Waals surface area contributed by atoms with E-state index >= 15 is 0 Å². The molecule has 3 atom stereocenters. The lowest BCUT2D eigenvalue weighted by Gasteiger charge is -2.24. The summed E-state index contributed by atoms with van der Waals surface area (Å²) < 4.78 is 10.9. The number of rotatable bonds is 14. The Hall–Kier alpha value is -3.27. The Labute approximate surface area is 210 Å². The van der Waals surface area contributed by atoms with Crippen molar-refractivity contribution in [3.05, 3.63) is 65.7 Å². The number of carbonyl (C=O) groups is 3. The highest BCUT2D eigenvalue weighted by Gasteiger charge is 2.54. The van der Waals surface area contributed by atoms with Gasteiger partial charge in [-0.1, -0.05) is 50.2 Å². The number of hydrogen-bond donors (Lipinski definition) is 4. The van der Waals surface area contributed by atoms with Gasteiger partial charge < -0.3 is 30.3 Å². The SMILES string of the molecule is CC(C)C[C@H](NC(=O)[C@H](CO)NC(=O)c1cccc(OCCc2ccccc2)c1)C(=O)[C@@]1(CO)CO1. The molecule has 2 amide bonds. The highest BCUT2D eigenvalue weighted by atomic mass is 16.6. The predicted molar refractivity (Wildman–Crippen MR) is 133 cm³/mol. The number of amides is 2. The average Bonchev–Trinajstić information content (AvgIpc) is 3.68. The lowest BCUT2D eigenvalue weighted by molar-refractivity contribution is -0.133. The maximum Gasteiger partial charge on any atom is 0.252 e. The van der Waals surface area contributed by atoms with Crippen LogP contribution in [0.3, 0.4) is 0 Å². The summed E-state index contributed by atoms with van der Waals surface area (Å²) in [6.45, 7) is 3.19. The normalized spacial score (nSPS) is 18.2. The first-order valence-electron chi connectivity index (χ1n) is 12.1. The smallest absolute Gasteiger partial charge is 0.252 e. The number of Topliss-reactive ketones (excluding diaryl/α,β-unsaturated/α-hetero) is 1. The number of benzene rings is 2. The zero-order chi connectivity index (χ0) is 26.1. The van der Waals surface area contributed by atoms with Crippen molar-refractivity contribution in [3.8, 4) is 5.75 Å². The minimum absolute atomic E-state index is 0.0699. The molecular weight excluding hydrogens is 464 g/mol. The molecule has 9 heteroatoms. The van der Waals surface area contributed by atoms with Gasteiger partial charge in [-0.05, 0) is 36.1 Å². The first-order chi connectivity index (χ1) is 17.3. The van der Waals surface area contributed by atoms with E-state index in [2.05, 4.69) is 10.6 Å². The Bertz CT molecular complexity index is 1040. The van der Waals surface area contributed by atoms with Crippen molar-refractivity contribution in [2.24, 2.45) is 5.92 Å². The number of carbonyl (C=O) groups excluding carboxylic acids is 3. The molecule has 2 aromatic carbocycles. The van der Waals surface area contributed by atoms with Crippen LogP contribution in [0.1, 0.15) is 36.2 Å². The van der Waals surface area contributed by atoms with Crippen LogP contribution in [0.2, 0.25) is 0 Å². The van der Waals surface area contributed by atoms with Gasteiger partial charge in [-0.25, -0.2) is 0 Å². The van der Waals surface area contributed by atoms with Gasteiger partial charge in [0, 0.05) is 12.0 Å².